The fourth-order valence-corrected chi connectivity index (χ4v) is 1.81. The average molecular weight is 265 g/mol. The molecule has 0 unspecified atom stereocenters. The molecule has 0 aliphatic heterocycles. The van der Waals surface area contributed by atoms with Crippen LogP contribution in [0.4, 0.5) is 21.5 Å². The Bertz CT molecular complexity index is 597. The van der Waals surface area contributed by atoms with Gasteiger partial charge in [0.2, 0.25) is 0 Å². The number of anilines is 3. The highest BCUT2D eigenvalue weighted by Crippen LogP contribution is 2.29. The first kappa shape index (κ1) is 12.7. The second kappa shape index (κ2) is 4.86. The molecule has 94 valence electrons. The molecular formula is C14H14ClFN2. The topological polar surface area (TPSA) is 38.0 Å². The van der Waals surface area contributed by atoms with Gasteiger partial charge in [0, 0.05) is 11.8 Å². The highest BCUT2D eigenvalue weighted by molar-refractivity contribution is 6.31. The van der Waals surface area contributed by atoms with Crippen molar-refractivity contribution in [2.75, 3.05) is 11.1 Å². The van der Waals surface area contributed by atoms with Crippen molar-refractivity contribution >= 4 is 28.7 Å². The van der Waals surface area contributed by atoms with E-state index in [0.29, 0.717) is 11.4 Å². The molecule has 3 N–H and O–H groups in total. The molecule has 2 aromatic rings. The Labute approximate surface area is 111 Å². The van der Waals surface area contributed by atoms with Gasteiger partial charge in [-0.05, 0) is 43.2 Å². The Morgan fingerprint density at radius 2 is 1.83 bits per heavy atom. The predicted octanol–water partition coefficient (Wildman–Crippen LogP) is 4.42. The Balaban J connectivity index is 2.34. The van der Waals surface area contributed by atoms with Gasteiger partial charge in [-0.3, -0.25) is 0 Å². The van der Waals surface area contributed by atoms with E-state index in [4.69, 9.17) is 17.3 Å². The number of nitrogens with one attached hydrogen (secondary N) is 1. The quantitative estimate of drug-likeness (QED) is 0.788. The smallest absolute Gasteiger partial charge is 0.143 e. The molecule has 2 nitrogen and oxygen atoms in total. The number of aryl methyl sites for hydroxylation is 2. The van der Waals surface area contributed by atoms with Gasteiger partial charge < -0.3 is 11.1 Å². The third-order valence-electron chi connectivity index (χ3n) is 2.88. The lowest BCUT2D eigenvalue weighted by Crippen LogP contribution is -1.98. The standard InChI is InChI=1S/C14H14ClFN2/c1-8-3-4-10(5-9(8)2)18-14-6-11(15)12(16)7-13(14)17/h3-7,18H,17H2,1-2H3. The van der Waals surface area contributed by atoms with Crippen molar-refractivity contribution in [1.29, 1.82) is 0 Å². The van der Waals surface area contributed by atoms with E-state index < -0.39 is 5.82 Å². The average Bonchev–Trinajstić information content (AvgIpc) is 2.31. The Morgan fingerprint density at radius 3 is 2.50 bits per heavy atom. The zero-order valence-electron chi connectivity index (χ0n) is 10.2. The highest BCUT2D eigenvalue weighted by Gasteiger charge is 2.06. The van der Waals surface area contributed by atoms with Gasteiger partial charge in [-0.15, -0.1) is 0 Å². The summed E-state index contributed by atoms with van der Waals surface area (Å²) in [6, 6.07) is 8.66. The SMILES string of the molecule is Cc1ccc(Nc2cc(Cl)c(F)cc2N)cc1C. The molecule has 0 amide bonds. The van der Waals surface area contributed by atoms with Gasteiger partial charge in [0.25, 0.3) is 0 Å². The van der Waals surface area contributed by atoms with Crippen LogP contribution in [0.25, 0.3) is 0 Å². The molecular weight excluding hydrogens is 251 g/mol. The third-order valence-corrected chi connectivity index (χ3v) is 3.17. The van der Waals surface area contributed by atoms with Gasteiger partial charge in [-0.2, -0.15) is 0 Å². The zero-order valence-corrected chi connectivity index (χ0v) is 11.0. The molecule has 0 radical (unpaired) electrons. The van der Waals surface area contributed by atoms with Crippen molar-refractivity contribution in [3.05, 3.63) is 52.3 Å². The van der Waals surface area contributed by atoms with Crippen LogP contribution in [0, 0.1) is 19.7 Å². The summed E-state index contributed by atoms with van der Waals surface area (Å²) in [5.41, 5.74) is 9.96. The van der Waals surface area contributed by atoms with E-state index in [9.17, 15) is 4.39 Å². The van der Waals surface area contributed by atoms with E-state index >= 15 is 0 Å². The van der Waals surface area contributed by atoms with Gasteiger partial charge in [-0.25, -0.2) is 4.39 Å². The van der Waals surface area contributed by atoms with Gasteiger partial charge in [0.1, 0.15) is 5.82 Å². The first-order valence-electron chi connectivity index (χ1n) is 5.56. The summed E-state index contributed by atoms with van der Waals surface area (Å²) in [5.74, 6) is -0.514. The predicted molar refractivity (Wildman–Crippen MR) is 75.0 cm³/mol. The molecule has 2 aromatic carbocycles. The van der Waals surface area contributed by atoms with Gasteiger partial charge in [0.05, 0.1) is 16.4 Å². The van der Waals surface area contributed by atoms with Crippen LogP contribution < -0.4 is 11.1 Å². The molecule has 0 atom stereocenters. The maximum Gasteiger partial charge on any atom is 0.143 e. The maximum absolute atomic E-state index is 13.2. The summed E-state index contributed by atoms with van der Waals surface area (Å²) in [6.45, 7) is 4.07. The number of benzene rings is 2. The number of hydrogen-bond donors (Lipinski definition) is 2. The number of rotatable bonds is 2. The lowest BCUT2D eigenvalue weighted by Gasteiger charge is -2.11. The number of hydrogen-bond acceptors (Lipinski definition) is 2. The van der Waals surface area contributed by atoms with E-state index in [0.717, 1.165) is 5.69 Å². The fraction of sp³-hybridized carbons (Fsp3) is 0.143. The van der Waals surface area contributed by atoms with Crippen LogP contribution in [0.2, 0.25) is 5.02 Å². The fourth-order valence-electron chi connectivity index (χ4n) is 1.65. The Kier molecular flexibility index (Phi) is 3.43. The van der Waals surface area contributed by atoms with Crippen LogP contribution in [0.1, 0.15) is 11.1 Å². The molecule has 0 fully saturated rings. The summed E-state index contributed by atoms with van der Waals surface area (Å²) in [7, 11) is 0. The second-order valence-corrected chi connectivity index (χ2v) is 4.68. The van der Waals surface area contributed by atoms with E-state index in [2.05, 4.69) is 5.32 Å². The van der Waals surface area contributed by atoms with Gasteiger partial charge in [-0.1, -0.05) is 17.7 Å². The molecule has 0 heterocycles. The Hall–Kier alpha value is -1.74. The van der Waals surface area contributed by atoms with Crippen LogP contribution >= 0.6 is 11.6 Å². The van der Waals surface area contributed by atoms with Gasteiger partial charge >= 0.3 is 0 Å². The lowest BCUT2D eigenvalue weighted by molar-refractivity contribution is 0.629. The maximum atomic E-state index is 13.2. The summed E-state index contributed by atoms with van der Waals surface area (Å²) in [5, 5.41) is 3.18. The molecule has 0 aromatic heterocycles. The minimum absolute atomic E-state index is 0.0514. The number of nitrogens with two attached hydrogens (primary N) is 1. The highest BCUT2D eigenvalue weighted by atomic mass is 35.5. The van der Waals surface area contributed by atoms with Crippen LogP contribution in [-0.4, -0.2) is 0 Å². The van der Waals surface area contributed by atoms with E-state index in [1.54, 1.807) is 0 Å². The third kappa shape index (κ3) is 2.57. The first-order chi connectivity index (χ1) is 8.47. The minimum atomic E-state index is -0.514. The van der Waals surface area contributed by atoms with E-state index in [1.165, 1.54) is 23.3 Å². The lowest BCUT2D eigenvalue weighted by atomic mass is 10.1. The monoisotopic (exact) mass is 264 g/mol. The summed E-state index contributed by atoms with van der Waals surface area (Å²) in [6.07, 6.45) is 0. The van der Waals surface area contributed by atoms with Crippen molar-refractivity contribution in [2.24, 2.45) is 0 Å². The molecule has 2 rings (SSSR count). The van der Waals surface area contributed by atoms with E-state index in [1.807, 2.05) is 32.0 Å². The number of nitrogen functional groups attached to an aromatic ring is 1. The molecule has 0 saturated carbocycles. The summed E-state index contributed by atoms with van der Waals surface area (Å²) < 4.78 is 13.2. The molecule has 18 heavy (non-hydrogen) atoms. The second-order valence-electron chi connectivity index (χ2n) is 4.28. The van der Waals surface area contributed by atoms with Crippen LogP contribution in [0.5, 0.6) is 0 Å². The number of halogens is 2. The largest absolute Gasteiger partial charge is 0.397 e. The van der Waals surface area contributed by atoms with Crippen LogP contribution in [0.3, 0.4) is 0 Å². The van der Waals surface area contributed by atoms with E-state index in [-0.39, 0.29) is 5.02 Å². The molecule has 0 aliphatic carbocycles. The van der Waals surface area contributed by atoms with Gasteiger partial charge in [0.15, 0.2) is 0 Å². The molecule has 4 heteroatoms. The van der Waals surface area contributed by atoms with Crippen LogP contribution in [0.15, 0.2) is 30.3 Å². The zero-order chi connectivity index (χ0) is 13.3. The molecule has 0 aliphatic rings. The summed E-state index contributed by atoms with van der Waals surface area (Å²) in [4.78, 5) is 0. The summed E-state index contributed by atoms with van der Waals surface area (Å²) >= 11 is 5.74. The van der Waals surface area contributed by atoms with Crippen LogP contribution in [-0.2, 0) is 0 Å². The minimum Gasteiger partial charge on any atom is -0.397 e. The van der Waals surface area contributed by atoms with Crippen molar-refractivity contribution in [3.63, 3.8) is 0 Å². The Morgan fingerprint density at radius 1 is 1.11 bits per heavy atom. The van der Waals surface area contributed by atoms with Crippen molar-refractivity contribution in [3.8, 4) is 0 Å². The molecule has 0 spiro atoms. The first-order valence-corrected chi connectivity index (χ1v) is 5.94. The molecule has 0 saturated heterocycles. The van der Waals surface area contributed by atoms with Crippen molar-refractivity contribution in [1.82, 2.24) is 0 Å². The molecule has 0 bridgehead atoms. The van der Waals surface area contributed by atoms with Crippen molar-refractivity contribution < 1.29 is 4.39 Å². The normalized spacial score (nSPS) is 10.4. The van der Waals surface area contributed by atoms with Crippen molar-refractivity contribution in [2.45, 2.75) is 13.8 Å².